The van der Waals surface area contributed by atoms with Crippen LogP contribution in [0.3, 0.4) is 0 Å². The zero-order valence-electron chi connectivity index (χ0n) is 13.4. The molecule has 21 heavy (non-hydrogen) atoms. The summed E-state index contributed by atoms with van der Waals surface area (Å²) < 4.78 is 4.55. The Hall–Kier alpha value is -1.65. The lowest BCUT2D eigenvalue weighted by Crippen LogP contribution is -2.33. The SMILES string of the molecule is CCCN=C1CC(C)(C)CC(=O)C1=C(O)CCC(=O)OC. The van der Waals surface area contributed by atoms with Crippen LogP contribution in [0.1, 0.15) is 52.9 Å². The number of aliphatic hydroxyl groups is 1. The van der Waals surface area contributed by atoms with Gasteiger partial charge in [0.15, 0.2) is 5.78 Å². The van der Waals surface area contributed by atoms with E-state index in [4.69, 9.17) is 0 Å². The van der Waals surface area contributed by atoms with Gasteiger partial charge < -0.3 is 9.84 Å². The highest BCUT2D eigenvalue weighted by Gasteiger charge is 2.36. The molecule has 5 nitrogen and oxygen atoms in total. The molecule has 0 aromatic rings. The molecule has 0 unspecified atom stereocenters. The van der Waals surface area contributed by atoms with Crippen LogP contribution in [0.5, 0.6) is 0 Å². The third kappa shape index (κ3) is 4.99. The summed E-state index contributed by atoms with van der Waals surface area (Å²) in [5.74, 6) is -0.544. The molecule has 5 heteroatoms. The van der Waals surface area contributed by atoms with Gasteiger partial charge in [0.1, 0.15) is 5.76 Å². The highest BCUT2D eigenvalue weighted by Crippen LogP contribution is 2.35. The lowest BCUT2D eigenvalue weighted by molar-refractivity contribution is -0.140. The number of methoxy groups -OCH3 is 1. The van der Waals surface area contributed by atoms with Gasteiger partial charge in [-0.3, -0.25) is 14.6 Å². The number of hydrogen-bond acceptors (Lipinski definition) is 5. The molecule has 0 atom stereocenters. The number of hydrogen-bond donors (Lipinski definition) is 1. The Labute approximate surface area is 126 Å². The standard InChI is InChI=1S/C16H25NO4/c1-5-8-17-11-9-16(2,3)10-13(19)15(11)12(18)6-7-14(20)21-4/h18H,5-10H2,1-4H3. The van der Waals surface area contributed by atoms with Crippen molar-refractivity contribution >= 4 is 17.5 Å². The van der Waals surface area contributed by atoms with Crippen molar-refractivity contribution in [3.63, 3.8) is 0 Å². The van der Waals surface area contributed by atoms with Crippen LogP contribution in [0.15, 0.2) is 16.3 Å². The first kappa shape index (κ1) is 17.4. The molecule has 118 valence electrons. The smallest absolute Gasteiger partial charge is 0.305 e. The molecule has 0 aromatic heterocycles. The monoisotopic (exact) mass is 295 g/mol. The predicted octanol–water partition coefficient (Wildman–Crippen LogP) is 2.99. The molecule has 0 spiro atoms. The summed E-state index contributed by atoms with van der Waals surface area (Å²) in [7, 11) is 1.30. The summed E-state index contributed by atoms with van der Waals surface area (Å²) >= 11 is 0. The minimum Gasteiger partial charge on any atom is -0.511 e. The van der Waals surface area contributed by atoms with Crippen molar-refractivity contribution in [1.29, 1.82) is 0 Å². The number of rotatable bonds is 5. The Kier molecular flexibility index (Phi) is 6.12. The van der Waals surface area contributed by atoms with Gasteiger partial charge >= 0.3 is 5.97 Å². The predicted molar refractivity (Wildman–Crippen MR) is 81.5 cm³/mol. The molecular formula is C16H25NO4. The molecule has 0 heterocycles. The Bertz CT molecular complexity index is 475. The summed E-state index contributed by atoms with van der Waals surface area (Å²) in [6.07, 6.45) is 2.10. The fourth-order valence-electron chi connectivity index (χ4n) is 2.44. The summed E-state index contributed by atoms with van der Waals surface area (Å²) in [6, 6.07) is 0. The molecule has 0 aliphatic heterocycles. The van der Waals surface area contributed by atoms with E-state index < -0.39 is 5.97 Å². The second kappa shape index (κ2) is 7.38. The van der Waals surface area contributed by atoms with E-state index in [9.17, 15) is 14.7 Å². The van der Waals surface area contributed by atoms with Crippen molar-refractivity contribution in [1.82, 2.24) is 0 Å². The summed E-state index contributed by atoms with van der Waals surface area (Å²) in [5.41, 5.74) is 0.836. The fraction of sp³-hybridized carbons (Fsp3) is 0.688. The maximum Gasteiger partial charge on any atom is 0.305 e. The first-order valence-corrected chi connectivity index (χ1v) is 7.36. The molecule has 1 saturated carbocycles. The topological polar surface area (TPSA) is 76.0 Å². The van der Waals surface area contributed by atoms with E-state index in [2.05, 4.69) is 9.73 Å². The summed E-state index contributed by atoms with van der Waals surface area (Å²) in [6.45, 7) is 6.69. The highest BCUT2D eigenvalue weighted by molar-refractivity contribution is 6.24. The average Bonchev–Trinajstić information content (AvgIpc) is 2.40. The second-order valence-corrected chi connectivity index (χ2v) is 6.17. The molecule has 0 aromatic carbocycles. The van der Waals surface area contributed by atoms with Gasteiger partial charge in [-0.25, -0.2) is 0 Å². The normalized spacial score (nSPS) is 22.3. The number of allylic oxidation sites excluding steroid dienone is 2. The van der Waals surface area contributed by atoms with Crippen LogP contribution in [0, 0.1) is 5.41 Å². The van der Waals surface area contributed by atoms with Crippen LogP contribution in [-0.2, 0) is 14.3 Å². The Morgan fingerprint density at radius 3 is 2.57 bits per heavy atom. The Balaban J connectivity index is 3.03. The van der Waals surface area contributed by atoms with Gasteiger partial charge in [0, 0.05) is 25.1 Å². The number of carbonyl (C=O) groups is 2. The lowest BCUT2D eigenvalue weighted by atomic mass is 9.73. The van der Waals surface area contributed by atoms with Crippen molar-refractivity contribution in [2.45, 2.75) is 52.9 Å². The fourth-order valence-corrected chi connectivity index (χ4v) is 2.44. The van der Waals surface area contributed by atoms with E-state index in [0.29, 0.717) is 30.7 Å². The van der Waals surface area contributed by atoms with Crippen molar-refractivity contribution in [3.05, 3.63) is 11.3 Å². The molecule has 1 aliphatic rings. The molecule has 1 fully saturated rings. The quantitative estimate of drug-likeness (QED) is 0.480. The lowest BCUT2D eigenvalue weighted by Gasteiger charge is -2.31. The van der Waals surface area contributed by atoms with Gasteiger partial charge in [0.05, 0.1) is 19.1 Å². The first-order chi connectivity index (χ1) is 9.80. The number of Topliss-reactive ketones (excluding diaryl/α,β-unsaturated/α-hetero) is 1. The van der Waals surface area contributed by atoms with Crippen LogP contribution in [-0.4, -0.2) is 36.2 Å². The van der Waals surface area contributed by atoms with Crippen molar-refractivity contribution in [2.75, 3.05) is 13.7 Å². The molecule has 1 rings (SSSR count). The summed E-state index contributed by atoms with van der Waals surface area (Å²) in [4.78, 5) is 27.9. The zero-order valence-corrected chi connectivity index (χ0v) is 13.4. The molecule has 0 bridgehead atoms. The second-order valence-electron chi connectivity index (χ2n) is 6.17. The third-order valence-electron chi connectivity index (χ3n) is 3.46. The molecule has 1 N–H and O–H groups in total. The van der Waals surface area contributed by atoms with Crippen LogP contribution >= 0.6 is 0 Å². The zero-order chi connectivity index (χ0) is 16.0. The Morgan fingerprint density at radius 2 is 2.00 bits per heavy atom. The largest absolute Gasteiger partial charge is 0.511 e. The van der Waals surface area contributed by atoms with Gasteiger partial charge in [-0.05, 0) is 18.3 Å². The van der Waals surface area contributed by atoms with E-state index in [1.807, 2.05) is 20.8 Å². The van der Waals surface area contributed by atoms with Crippen molar-refractivity contribution < 1.29 is 19.4 Å². The minimum absolute atomic E-state index is 0.0456. The van der Waals surface area contributed by atoms with E-state index in [-0.39, 0.29) is 29.8 Å². The van der Waals surface area contributed by atoms with E-state index >= 15 is 0 Å². The van der Waals surface area contributed by atoms with Crippen LogP contribution in [0.4, 0.5) is 0 Å². The number of nitrogens with zero attached hydrogens (tertiary/aromatic N) is 1. The highest BCUT2D eigenvalue weighted by atomic mass is 16.5. The number of ether oxygens (including phenoxy) is 1. The van der Waals surface area contributed by atoms with Crippen LogP contribution in [0.2, 0.25) is 0 Å². The molecule has 1 aliphatic carbocycles. The van der Waals surface area contributed by atoms with Crippen molar-refractivity contribution in [3.8, 4) is 0 Å². The minimum atomic E-state index is -0.405. The number of esters is 1. The number of carbonyl (C=O) groups excluding carboxylic acids is 2. The Morgan fingerprint density at radius 1 is 1.33 bits per heavy atom. The van der Waals surface area contributed by atoms with Gasteiger partial charge in [-0.1, -0.05) is 20.8 Å². The van der Waals surface area contributed by atoms with Gasteiger partial charge in [-0.2, -0.15) is 0 Å². The van der Waals surface area contributed by atoms with Crippen LogP contribution in [0.25, 0.3) is 0 Å². The number of aliphatic imine (C=N–C) groups is 1. The van der Waals surface area contributed by atoms with Gasteiger partial charge in [0.25, 0.3) is 0 Å². The molecule has 0 saturated heterocycles. The molecule has 0 radical (unpaired) electrons. The first-order valence-electron chi connectivity index (χ1n) is 7.36. The molecular weight excluding hydrogens is 270 g/mol. The average molecular weight is 295 g/mol. The van der Waals surface area contributed by atoms with Gasteiger partial charge in [-0.15, -0.1) is 0 Å². The van der Waals surface area contributed by atoms with Crippen LogP contribution < -0.4 is 0 Å². The van der Waals surface area contributed by atoms with Gasteiger partial charge in [0.2, 0.25) is 0 Å². The van der Waals surface area contributed by atoms with Crippen molar-refractivity contribution in [2.24, 2.45) is 10.4 Å². The van der Waals surface area contributed by atoms with E-state index in [1.54, 1.807) is 0 Å². The number of aliphatic hydroxyl groups excluding tert-OH is 1. The summed E-state index contributed by atoms with van der Waals surface area (Å²) in [5, 5.41) is 10.2. The van der Waals surface area contributed by atoms with E-state index in [0.717, 1.165) is 6.42 Å². The maximum atomic E-state index is 12.3. The van der Waals surface area contributed by atoms with E-state index in [1.165, 1.54) is 7.11 Å². The maximum absolute atomic E-state index is 12.3. The third-order valence-corrected chi connectivity index (χ3v) is 3.46. The number of ketones is 1. The molecule has 0 amide bonds.